The van der Waals surface area contributed by atoms with Crippen LogP contribution in [0.1, 0.15) is 101 Å². The van der Waals surface area contributed by atoms with E-state index in [4.69, 9.17) is 0 Å². The average molecular weight is 985 g/mol. The van der Waals surface area contributed by atoms with E-state index in [9.17, 15) is 0 Å². The molecule has 0 spiro atoms. The Morgan fingerprint density at radius 3 is 1.62 bits per heavy atom. The fourth-order valence-electron chi connectivity index (χ4n) is 14.2. The van der Waals surface area contributed by atoms with Gasteiger partial charge in [-0.3, -0.25) is 0 Å². The molecule has 0 saturated carbocycles. The molecule has 0 amide bonds. The first kappa shape index (κ1) is 46.5. The molecule has 76 heavy (non-hydrogen) atoms. The summed E-state index contributed by atoms with van der Waals surface area (Å²) in [7, 11) is 4.41. The summed E-state index contributed by atoms with van der Waals surface area (Å²) >= 11 is 0. The van der Waals surface area contributed by atoms with E-state index in [-0.39, 0.29) is 28.5 Å². The van der Waals surface area contributed by atoms with Gasteiger partial charge in [0.25, 0.3) is 0 Å². The van der Waals surface area contributed by atoms with Gasteiger partial charge in [0.05, 0.1) is 5.69 Å². The maximum Gasteiger partial charge on any atom is 0.333 e. The summed E-state index contributed by atoms with van der Waals surface area (Å²) in [4.78, 5) is 7.45. The van der Waals surface area contributed by atoms with Crippen molar-refractivity contribution in [1.82, 2.24) is 4.48 Å². The van der Waals surface area contributed by atoms with E-state index in [2.05, 4.69) is 290 Å². The van der Waals surface area contributed by atoms with Gasteiger partial charge >= 0.3 is 6.85 Å². The number of anilines is 7. The van der Waals surface area contributed by atoms with Crippen LogP contribution in [-0.4, -0.2) is 25.4 Å². The molecule has 1 aromatic heterocycles. The van der Waals surface area contributed by atoms with E-state index in [1.165, 1.54) is 117 Å². The molecular weight excluding hydrogens is 920 g/mol. The third kappa shape index (κ3) is 6.38. The first-order chi connectivity index (χ1) is 36.5. The van der Waals surface area contributed by atoms with E-state index in [0.29, 0.717) is 0 Å². The Bertz CT molecular complexity index is 4000. The van der Waals surface area contributed by atoms with Crippen molar-refractivity contribution in [2.45, 2.75) is 84.0 Å². The number of hydrogen-bond donors (Lipinski definition) is 0. The van der Waals surface area contributed by atoms with Crippen molar-refractivity contribution >= 4 is 68.5 Å². The molecule has 0 atom stereocenters. The van der Waals surface area contributed by atoms with Crippen molar-refractivity contribution in [2.75, 3.05) is 28.8 Å². The molecule has 9 aromatic carbocycles. The zero-order chi connectivity index (χ0) is 52.4. The zero-order valence-corrected chi connectivity index (χ0v) is 45.8. The van der Waals surface area contributed by atoms with Gasteiger partial charge in [-0.15, -0.1) is 0 Å². The van der Waals surface area contributed by atoms with Crippen LogP contribution in [0.25, 0.3) is 44.4 Å². The molecule has 2 aliphatic carbocycles. The maximum absolute atomic E-state index is 2.83. The van der Waals surface area contributed by atoms with E-state index in [1.807, 2.05) is 0 Å². The molecule has 10 aromatic rings. The Hall–Kier alpha value is -8.02. The Morgan fingerprint density at radius 2 is 1.00 bits per heavy atom. The van der Waals surface area contributed by atoms with Crippen LogP contribution in [-0.2, 0) is 21.7 Å². The topological polar surface area (TPSA) is 14.7 Å². The Morgan fingerprint density at radius 1 is 0.434 bits per heavy atom. The summed E-state index contributed by atoms with van der Waals surface area (Å²) < 4.78 is 2.83. The van der Waals surface area contributed by atoms with Crippen LogP contribution < -0.4 is 25.6 Å². The molecule has 4 nitrogen and oxygen atoms in total. The molecule has 3 heterocycles. The summed E-state index contributed by atoms with van der Waals surface area (Å²) in [5, 5.41) is 1.31. The largest absolute Gasteiger partial charge is 0.378 e. The second kappa shape index (κ2) is 16.0. The van der Waals surface area contributed by atoms with E-state index in [0.717, 1.165) is 17.1 Å². The van der Waals surface area contributed by atoms with Crippen molar-refractivity contribution in [3.8, 4) is 33.5 Å². The lowest BCUT2D eigenvalue weighted by Crippen LogP contribution is -2.57. The lowest BCUT2D eigenvalue weighted by molar-refractivity contribution is 0.521. The smallest absolute Gasteiger partial charge is 0.333 e. The maximum atomic E-state index is 2.83. The van der Waals surface area contributed by atoms with Gasteiger partial charge in [-0.1, -0.05) is 190 Å². The van der Waals surface area contributed by atoms with Crippen LogP contribution in [0.4, 0.5) is 39.8 Å². The number of benzene rings is 9. The predicted octanol–water partition coefficient (Wildman–Crippen LogP) is 16.8. The van der Waals surface area contributed by atoms with Crippen molar-refractivity contribution in [1.29, 1.82) is 0 Å². The Balaban J connectivity index is 1.17. The van der Waals surface area contributed by atoms with Crippen molar-refractivity contribution < 1.29 is 0 Å². The minimum Gasteiger partial charge on any atom is -0.378 e. The fraction of sp³-hybridized carbons (Fsp3) is 0.211. The molecule has 0 N–H and O–H groups in total. The summed E-state index contributed by atoms with van der Waals surface area (Å²) in [6.07, 6.45) is 0. The lowest BCUT2D eigenvalue weighted by atomic mass is 9.44. The minimum atomic E-state index is -0.279. The van der Waals surface area contributed by atoms with Gasteiger partial charge in [0.1, 0.15) is 0 Å². The summed E-state index contributed by atoms with van der Waals surface area (Å²) in [6, 6.07) is 74.1. The monoisotopic (exact) mass is 985 g/mol. The van der Waals surface area contributed by atoms with Gasteiger partial charge in [0, 0.05) is 97.8 Å². The van der Waals surface area contributed by atoms with Gasteiger partial charge < -0.3 is 19.2 Å². The van der Waals surface area contributed by atoms with E-state index >= 15 is 0 Å². The van der Waals surface area contributed by atoms with Crippen LogP contribution in [0.3, 0.4) is 0 Å². The number of nitrogens with zero attached hydrogens (tertiary/aromatic N) is 4. The molecule has 14 rings (SSSR count). The SMILES string of the molecule is CN(C)c1cc2c3c(c1)N(c1ccc(C(C)(C)C)cc1-c1ccccc1)c1cc4c(cc1B3n1c3c(c5cc(N(c6ccccc6)c6ccccc6)cc-2c51)C(C)(C)c1ccccc1-3)C(C)(C)c1ccccc1C4(C)C. The second-order valence-electron chi connectivity index (χ2n) is 24.8. The minimum absolute atomic E-state index is 0.0575. The number of hydrogen-bond acceptors (Lipinski definition) is 3. The number of rotatable bonds is 6. The first-order valence-electron chi connectivity index (χ1n) is 27.3. The van der Waals surface area contributed by atoms with Gasteiger partial charge in [-0.25, -0.2) is 0 Å². The average Bonchev–Trinajstić information content (AvgIpc) is 4.11. The van der Waals surface area contributed by atoms with Crippen molar-refractivity contribution in [3.63, 3.8) is 0 Å². The van der Waals surface area contributed by atoms with Crippen LogP contribution in [0.2, 0.25) is 0 Å². The Kier molecular flexibility index (Phi) is 9.80. The number of aromatic nitrogens is 1. The number of para-hydroxylation sites is 2. The van der Waals surface area contributed by atoms with Gasteiger partial charge in [0.2, 0.25) is 0 Å². The van der Waals surface area contributed by atoms with Crippen molar-refractivity contribution in [2.24, 2.45) is 0 Å². The molecule has 5 heteroatoms. The van der Waals surface area contributed by atoms with E-state index in [1.54, 1.807) is 0 Å². The zero-order valence-electron chi connectivity index (χ0n) is 45.8. The number of fused-ring (bicyclic) bond motifs is 11. The summed E-state index contributed by atoms with van der Waals surface area (Å²) in [6.45, 7) is 21.6. The molecule has 0 radical (unpaired) electrons. The molecule has 0 saturated heterocycles. The molecule has 0 bridgehead atoms. The van der Waals surface area contributed by atoms with Gasteiger partial charge in [0.15, 0.2) is 0 Å². The lowest BCUT2D eigenvalue weighted by Gasteiger charge is -2.47. The van der Waals surface area contributed by atoms with E-state index < -0.39 is 0 Å². The highest BCUT2D eigenvalue weighted by atomic mass is 15.2. The summed E-state index contributed by atoms with van der Waals surface area (Å²) in [5.41, 5.74) is 28.6. The van der Waals surface area contributed by atoms with Crippen molar-refractivity contribution in [3.05, 3.63) is 233 Å². The molecular formula is C71H65BN4. The third-order valence-corrected chi connectivity index (χ3v) is 18.1. The molecule has 2 aliphatic heterocycles. The van der Waals surface area contributed by atoms with Crippen LogP contribution >= 0.6 is 0 Å². The Labute approximate surface area is 450 Å². The highest BCUT2D eigenvalue weighted by Gasteiger charge is 2.51. The molecule has 0 fully saturated rings. The molecule has 372 valence electrons. The third-order valence-electron chi connectivity index (χ3n) is 18.1. The first-order valence-corrected chi connectivity index (χ1v) is 27.3. The van der Waals surface area contributed by atoms with Gasteiger partial charge in [-0.05, 0) is 133 Å². The highest BCUT2D eigenvalue weighted by molar-refractivity contribution is 6.90. The van der Waals surface area contributed by atoms with Crippen LogP contribution in [0, 0.1) is 0 Å². The fourth-order valence-corrected chi connectivity index (χ4v) is 14.2. The normalized spacial score (nSPS) is 15.6. The quantitative estimate of drug-likeness (QED) is 0.154. The standard InChI is InChI=1S/C71H65BN4/c1-68(2,3)45-35-36-61(51(37-45)44-25-15-12-16-26-44)75-62-43-59-58(69(4,5)56-33-23-24-34-57(56)70(59,6)7)42-60(62)72-65-52(38-48(73(10)11)41-63(65)75)53-39-49(74(46-27-17-13-18-28-46)47-29-19-14-20-30-47)40-54-64-67(76(72)66(53)54)50-31-21-22-32-55(50)71(64,8)9/h12-43H,1-11H3. The summed E-state index contributed by atoms with van der Waals surface area (Å²) in [5.74, 6) is 0. The van der Waals surface area contributed by atoms with Crippen LogP contribution in [0.5, 0.6) is 0 Å². The van der Waals surface area contributed by atoms with Crippen LogP contribution in [0.15, 0.2) is 194 Å². The predicted molar refractivity (Wildman–Crippen MR) is 324 cm³/mol. The van der Waals surface area contributed by atoms with Gasteiger partial charge in [-0.2, -0.15) is 0 Å². The highest BCUT2D eigenvalue weighted by Crippen LogP contribution is 2.59. The molecule has 0 unspecified atom stereocenters. The molecule has 4 aliphatic rings. The second-order valence-corrected chi connectivity index (χ2v) is 24.8.